The van der Waals surface area contributed by atoms with Crippen LogP contribution in [0, 0.1) is 0 Å². The number of hydrogen-bond acceptors (Lipinski definition) is 7. The molecule has 2 N–H and O–H groups in total. The van der Waals surface area contributed by atoms with Crippen LogP contribution in [0.2, 0.25) is 0 Å². The van der Waals surface area contributed by atoms with Gasteiger partial charge in [0.25, 0.3) is 15.9 Å². The Balaban J connectivity index is 1.45. The summed E-state index contributed by atoms with van der Waals surface area (Å²) in [5.41, 5.74) is 2.28. The van der Waals surface area contributed by atoms with E-state index in [0.29, 0.717) is 16.7 Å². The molecule has 0 saturated carbocycles. The highest BCUT2D eigenvalue weighted by atomic mass is 32.2. The van der Waals surface area contributed by atoms with E-state index in [-0.39, 0.29) is 22.4 Å². The highest BCUT2D eigenvalue weighted by molar-refractivity contribution is 7.99. The summed E-state index contributed by atoms with van der Waals surface area (Å²) in [6.07, 6.45) is 0. The van der Waals surface area contributed by atoms with E-state index in [0.717, 1.165) is 9.87 Å². The van der Waals surface area contributed by atoms with E-state index in [4.69, 9.17) is 5.84 Å². The summed E-state index contributed by atoms with van der Waals surface area (Å²) in [6, 6.07) is 14.2. The van der Waals surface area contributed by atoms with Gasteiger partial charge in [-0.05, 0) is 23.1 Å². The van der Waals surface area contributed by atoms with E-state index in [1.54, 1.807) is 12.1 Å². The first-order chi connectivity index (χ1) is 14.6. The number of carbonyl (C=O) groups is 1. The largest absolute Gasteiger partial charge is 0.335 e. The Labute approximate surface area is 185 Å². The van der Waals surface area contributed by atoms with Crippen molar-refractivity contribution in [2.45, 2.75) is 36.2 Å². The molecule has 1 aromatic heterocycles. The molecule has 8 nitrogen and oxygen atoms in total. The Kier molecular flexibility index (Phi) is 5.30. The van der Waals surface area contributed by atoms with Gasteiger partial charge in [0.15, 0.2) is 5.82 Å². The molecule has 0 aliphatic carbocycles. The topological polar surface area (TPSA) is 111 Å². The lowest BCUT2D eigenvalue weighted by Crippen LogP contribution is -2.32. The molecule has 2 aromatic carbocycles. The highest BCUT2D eigenvalue weighted by Crippen LogP contribution is 2.31. The van der Waals surface area contributed by atoms with Crippen LogP contribution in [0.4, 0.5) is 0 Å². The molecule has 1 amide bonds. The number of carbonyl (C=O) groups excluding carboxylic acids is 1. The molecule has 0 bridgehead atoms. The van der Waals surface area contributed by atoms with E-state index in [9.17, 15) is 13.2 Å². The third kappa shape index (κ3) is 3.81. The number of benzene rings is 2. The molecule has 4 rings (SSSR count). The van der Waals surface area contributed by atoms with Crippen molar-refractivity contribution in [2.24, 2.45) is 0 Å². The molecule has 0 atom stereocenters. The minimum absolute atomic E-state index is 0.0169. The predicted octanol–water partition coefficient (Wildman–Crippen LogP) is 2.89. The standard InChI is InChI=1S/C21H23N5O3S2/c1-21(2,3)15-10-8-14(9-11-15)18-23-24-20(26(18)22)30-13-12-25-19(27)16-6-4-5-7-17(16)31(25,28)29/h4-11H,12-13,22H2,1-3H3. The van der Waals surface area contributed by atoms with E-state index in [1.165, 1.54) is 34.1 Å². The zero-order chi connectivity index (χ0) is 22.4. The summed E-state index contributed by atoms with van der Waals surface area (Å²) >= 11 is 1.24. The molecule has 10 heteroatoms. The number of fused-ring (bicyclic) bond motifs is 1. The van der Waals surface area contributed by atoms with Gasteiger partial charge in [0.2, 0.25) is 5.16 Å². The van der Waals surface area contributed by atoms with Gasteiger partial charge in [0.05, 0.1) is 5.56 Å². The van der Waals surface area contributed by atoms with Crippen molar-refractivity contribution in [3.63, 3.8) is 0 Å². The lowest BCUT2D eigenvalue weighted by Gasteiger charge is -2.19. The van der Waals surface area contributed by atoms with Crippen molar-refractivity contribution in [2.75, 3.05) is 18.1 Å². The second-order valence-electron chi connectivity index (χ2n) is 8.23. The first kappa shape index (κ1) is 21.4. The van der Waals surface area contributed by atoms with Crippen molar-refractivity contribution in [1.29, 1.82) is 0 Å². The van der Waals surface area contributed by atoms with Gasteiger partial charge in [0.1, 0.15) is 4.90 Å². The van der Waals surface area contributed by atoms with Crippen molar-refractivity contribution >= 4 is 27.7 Å². The fourth-order valence-corrected chi connectivity index (χ4v) is 5.83. The summed E-state index contributed by atoms with van der Waals surface area (Å²) in [5, 5.41) is 8.73. The Morgan fingerprint density at radius 2 is 1.71 bits per heavy atom. The fourth-order valence-electron chi connectivity index (χ4n) is 3.36. The maximum Gasteiger partial charge on any atom is 0.269 e. The van der Waals surface area contributed by atoms with Crippen molar-refractivity contribution in [3.8, 4) is 11.4 Å². The minimum Gasteiger partial charge on any atom is -0.335 e. The second kappa shape index (κ2) is 7.69. The number of nitrogen functional groups attached to an aromatic ring is 1. The van der Waals surface area contributed by atoms with Crippen LogP contribution in [0.5, 0.6) is 0 Å². The van der Waals surface area contributed by atoms with Crippen LogP contribution in [0.25, 0.3) is 11.4 Å². The van der Waals surface area contributed by atoms with Crippen LogP contribution < -0.4 is 5.84 Å². The normalized spacial score (nSPS) is 15.3. The molecular weight excluding hydrogens is 434 g/mol. The van der Waals surface area contributed by atoms with Crippen molar-refractivity contribution in [1.82, 2.24) is 19.2 Å². The number of amides is 1. The molecule has 2 heterocycles. The molecule has 1 aliphatic rings. The Bertz CT molecular complexity index is 1240. The van der Waals surface area contributed by atoms with Gasteiger partial charge in [0, 0.05) is 17.9 Å². The molecule has 0 saturated heterocycles. The number of nitrogens with two attached hydrogens (primary N) is 1. The number of nitrogens with zero attached hydrogens (tertiary/aromatic N) is 4. The van der Waals surface area contributed by atoms with Crippen LogP contribution in [0.15, 0.2) is 58.6 Å². The number of thioether (sulfide) groups is 1. The molecule has 0 fully saturated rings. The van der Waals surface area contributed by atoms with E-state index in [2.05, 4.69) is 31.0 Å². The summed E-state index contributed by atoms with van der Waals surface area (Å²) in [5.74, 6) is 6.48. The first-order valence-electron chi connectivity index (χ1n) is 9.71. The number of aromatic nitrogens is 3. The van der Waals surface area contributed by atoms with Crippen LogP contribution >= 0.6 is 11.8 Å². The van der Waals surface area contributed by atoms with E-state index < -0.39 is 15.9 Å². The second-order valence-corrected chi connectivity index (χ2v) is 11.1. The summed E-state index contributed by atoms with van der Waals surface area (Å²) in [7, 11) is -3.82. The molecule has 31 heavy (non-hydrogen) atoms. The number of hydrogen-bond donors (Lipinski definition) is 1. The minimum atomic E-state index is -3.82. The van der Waals surface area contributed by atoms with Gasteiger partial charge in [-0.1, -0.05) is 68.9 Å². The van der Waals surface area contributed by atoms with Gasteiger partial charge >= 0.3 is 0 Å². The lowest BCUT2D eigenvalue weighted by atomic mass is 9.87. The van der Waals surface area contributed by atoms with Gasteiger partial charge in [-0.15, -0.1) is 10.2 Å². The van der Waals surface area contributed by atoms with Crippen molar-refractivity contribution < 1.29 is 13.2 Å². The van der Waals surface area contributed by atoms with Gasteiger partial charge in [-0.3, -0.25) is 4.79 Å². The summed E-state index contributed by atoms with van der Waals surface area (Å²) < 4.78 is 27.5. The molecular formula is C21H23N5O3S2. The van der Waals surface area contributed by atoms with Crippen LogP contribution in [-0.4, -0.2) is 45.8 Å². The zero-order valence-corrected chi connectivity index (χ0v) is 19.1. The zero-order valence-electron chi connectivity index (χ0n) is 17.4. The van der Waals surface area contributed by atoms with Gasteiger partial charge in [-0.2, -0.15) is 0 Å². The van der Waals surface area contributed by atoms with Gasteiger partial charge < -0.3 is 5.84 Å². The summed E-state index contributed by atoms with van der Waals surface area (Å²) in [4.78, 5) is 12.5. The van der Waals surface area contributed by atoms with Crippen LogP contribution in [0.3, 0.4) is 0 Å². The highest BCUT2D eigenvalue weighted by Gasteiger charge is 2.40. The number of rotatable bonds is 5. The molecule has 3 aromatic rings. The van der Waals surface area contributed by atoms with E-state index >= 15 is 0 Å². The molecule has 1 aliphatic heterocycles. The Morgan fingerprint density at radius 3 is 2.35 bits per heavy atom. The average Bonchev–Trinajstić information content (AvgIpc) is 3.18. The molecule has 0 radical (unpaired) electrons. The Morgan fingerprint density at radius 1 is 1.03 bits per heavy atom. The average molecular weight is 458 g/mol. The Hall–Kier alpha value is -2.85. The maximum absolute atomic E-state index is 12.6. The van der Waals surface area contributed by atoms with E-state index in [1.807, 2.05) is 24.3 Å². The first-order valence-corrected chi connectivity index (χ1v) is 12.1. The molecule has 0 spiro atoms. The lowest BCUT2D eigenvalue weighted by molar-refractivity contribution is 0.0876. The fraction of sp³-hybridized carbons (Fsp3) is 0.286. The molecule has 162 valence electrons. The SMILES string of the molecule is CC(C)(C)c1ccc(-c2nnc(SCCN3C(=O)c4ccccc4S3(=O)=O)n2N)cc1. The predicted molar refractivity (Wildman–Crippen MR) is 120 cm³/mol. The quantitative estimate of drug-likeness (QED) is 0.463. The third-order valence-electron chi connectivity index (χ3n) is 5.11. The smallest absolute Gasteiger partial charge is 0.269 e. The third-order valence-corrected chi connectivity index (χ3v) is 7.87. The van der Waals surface area contributed by atoms with Crippen molar-refractivity contribution in [3.05, 3.63) is 59.7 Å². The summed E-state index contributed by atoms with van der Waals surface area (Å²) in [6.45, 7) is 6.45. The van der Waals surface area contributed by atoms with Gasteiger partial charge in [-0.25, -0.2) is 17.4 Å². The maximum atomic E-state index is 12.6. The molecule has 0 unspecified atom stereocenters. The van der Waals surface area contributed by atoms with Crippen LogP contribution in [-0.2, 0) is 15.4 Å². The number of sulfonamides is 1. The van der Waals surface area contributed by atoms with Crippen LogP contribution in [0.1, 0.15) is 36.7 Å². The monoisotopic (exact) mass is 457 g/mol.